The van der Waals surface area contributed by atoms with Gasteiger partial charge in [-0.2, -0.15) is 0 Å². The summed E-state index contributed by atoms with van der Waals surface area (Å²) in [5.41, 5.74) is 0.781. The molecule has 0 saturated carbocycles. The van der Waals surface area contributed by atoms with E-state index in [1.807, 2.05) is 55.5 Å². The molecule has 5 nitrogen and oxygen atoms in total. The van der Waals surface area contributed by atoms with Gasteiger partial charge in [-0.25, -0.2) is 4.98 Å². The normalized spacial score (nSPS) is 10.2. The van der Waals surface area contributed by atoms with Gasteiger partial charge in [-0.05, 0) is 49.5 Å². The number of aryl methyl sites for hydroxylation is 1. The molecule has 2 N–H and O–H groups in total. The summed E-state index contributed by atoms with van der Waals surface area (Å²) in [6, 6.07) is 17.0. The maximum Gasteiger partial charge on any atom is 0.219 e. The molecule has 0 spiro atoms. The molecule has 3 aromatic rings. The van der Waals surface area contributed by atoms with Crippen LogP contribution in [-0.2, 0) is 6.54 Å². The van der Waals surface area contributed by atoms with Crippen LogP contribution in [-0.4, -0.2) is 10.1 Å². The largest absolute Gasteiger partial charge is 0.465 e. The topological polar surface area (TPSA) is 59.3 Å². The Kier molecular flexibility index (Phi) is 5.08. The van der Waals surface area contributed by atoms with Crippen molar-refractivity contribution >= 4 is 23.0 Å². The fourth-order valence-corrected chi connectivity index (χ4v) is 2.24. The molecule has 0 aliphatic carbocycles. The van der Waals surface area contributed by atoms with Crippen molar-refractivity contribution < 1.29 is 9.15 Å². The number of nitrogens with zero attached hydrogens (tertiary/aromatic N) is 1. The van der Waals surface area contributed by atoms with Crippen LogP contribution >= 0.6 is 12.2 Å². The zero-order valence-corrected chi connectivity index (χ0v) is 14.0. The van der Waals surface area contributed by atoms with Crippen LogP contribution in [0.25, 0.3) is 0 Å². The van der Waals surface area contributed by atoms with Gasteiger partial charge in [-0.15, -0.1) is 0 Å². The first-order valence-electron chi connectivity index (χ1n) is 7.48. The van der Waals surface area contributed by atoms with Crippen LogP contribution in [0.3, 0.4) is 0 Å². The monoisotopic (exact) mass is 339 g/mol. The predicted molar refractivity (Wildman–Crippen MR) is 97.3 cm³/mol. The van der Waals surface area contributed by atoms with Crippen LogP contribution in [0.2, 0.25) is 0 Å². The number of para-hydroxylation sites is 1. The Labute approximate surface area is 145 Å². The van der Waals surface area contributed by atoms with Crippen molar-refractivity contribution in [3.05, 3.63) is 72.3 Å². The average Bonchev–Trinajstić information content (AvgIpc) is 3.01. The zero-order chi connectivity index (χ0) is 16.8. The second-order valence-corrected chi connectivity index (χ2v) is 5.53. The van der Waals surface area contributed by atoms with Gasteiger partial charge in [0.25, 0.3) is 0 Å². The Bertz CT molecular complexity index is 801. The van der Waals surface area contributed by atoms with Gasteiger partial charge in [0.2, 0.25) is 5.88 Å². The summed E-state index contributed by atoms with van der Waals surface area (Å²) in [7, 11) is 0. The summed E-state index contributed by atoms with van der Waals surface area (Å²) < 4.78 is 11.1. The van der Waals surface area contributed by atoms with E-state index >= 15 is 0 Å². The van der Waals surface area contributed by atoms with Crippen LogP contribution in [0, 0.1) is 6.92 Å². The minimum atomic E-state index is 0.502. The van der Waals surface area contributed by atoms with Gasteiger partial charge < -0.3 is 19.8 Å². The zero-order valence-electron chi connectivity index (χ0n) is 13.2. The Morgan fingerprint density at radius 3 is 2.62 bits per heavy atom. The van der Waals surface area contributed by atoms with Gasteiger partial charge >= 0.3 is 0 Å². The van der Waals surface area contributed by atoms with Gasteiger partial charge in [0.1, 0.15) is 17.3 Å². The maximum absolute atomic E-state index is 5.65. The molecule has 0 aliphatic rings. The van der Waals surface area contributed by atoms with Crippen LogP contribution in [0.15, 0.2) is 65.2 Å². The van der Waals surface area contributed by atoms with E-state index in [2.05, 4.69) is 15.6 Å². The molecule has 122 valence electrons. The number of hydrogen-bond acceptors (Lipinski definition) is 4. The van der Waals surface area contributed by atoms with Crippen molar-refractivity contribution in [1.29, 1.82) is 0 Å². The van der Waals surface area contributed by atoms with Crippen LogP contribution in [0.4, 0.5) is 5.69 Å². The molecule has 0 saturated heterocycles. The standard InChI is InChI=1S/C18H17N3O2S/c1-13-7-9-16(22-13)12-20-18(24)21-14-8-10-17(19-11-14)23-15-5-3-2-4-6-15/h2-11H,12H2,1H3,(H2,20,21,24). The molecule has 2 aromatic heterocycles. The van der Waals surface area contributed by atoms with Crippen molar-refractivity contribution in [3.8, 4) is 11.6 Å². The second-order valence-electron chi connectivity index (χ2n) is 5.12. The number of benzene rings is 1. The summed E-state index contributed by atoms with van der Waals surface area (Å²) in [6.07, 6.45) is 1.67. The van der Waals surface area contributed by atoms with Crippen molar-refractivity contribution in [3.63, 3.8) is 0 Å². The fourth-order valence-electron chi connectivity index (χ4n) is 2.05. The van der Waals surface area contributed by atoms with Gasteiger partial charge in [0.15, 0.2) is 5.11 Å². The lowest BCUT2D eigenvalue weighted by Gasteiger charge is -2.10. The van der Waals surface area contributed by atoms with Gasteiger partial charge in [0, 0.05) is 6.07 Å². The molecular weight excluding hydrogens is 322 g/mol. The van der Waals surface area contributed by atoms with E-state index < -0.39 is 0 Å². The number of aromatic nitrogens is 1. The summed E-state index contributed by atoms with van der Waals surface area (Å²) in [5.74, 6) is 2.98. The van der Waals surface area contributed by atoms with E-state index in [9.17, 15) is 0 Å². The number of rotatable bonds is 5. The number of hydrogen-bond donors (Lipinski definition) is 2. The summed E-state index contributed by atoms with van der Waals surface area (Å²) >= 11 is 5.26. The Balaban J connectivity index is 1.51. The Morgan fingerprint density at radius 1 is 1.12 bits per heavy atom. The van der Waals surface area contributed by atoms with Crippen LogP contribution in [0.1, 0.15) is 11.5 Å². The predicted octanol–water partition coefficient (Wildman–Crippen LogP) is 4.26. The molecule has 24 heavy (non-hydrogen) atoms. The molecule has 0 unspecified atom stereocenters. The number of nitrogens with one attached hydrogen (secondary N) is 2. The number of anilines is 1. The summed E-state index contributed by atoms with van der Waals surface area (Å²) in [4.78, 5) is 4.26. The molecule has 0 amide bonds. The third-order valence-corrected chi connectivity index (χ3v) is 3.43. The van der Waals surface area contributed by atoms with E-state index in [-0.39, 0.29) is 0 Å². The van der Waals surface area contributed by atoms with Crippen molar-refractivity contribution in [2.24, 2.45) is 0 Å². The Hall–Kier alpha value is -2.86. The summed E-state index contributed by atoms with van der Waals surface area (Å²) in [5, 5.41) is 6.66. The van der Waals surface area contributed by atoms with E-state index in [1.165, 1.54) is 0 Å². The van der Waals surface area contributed by atoms with Crippen LogP contribution < -0.4 is 15.4 Å². The first-order chi connectivity index (χ1) is 11.7. The first-order valence-corrected chi connectivity index (χ1v) is 7.89. The van der Waals surface area contributed by atoms with Gasteiger partial charge in [-0.3, -0.25) is 0 Å². The number of pyridine rings is 1. The molecule has 1 aromatic carbocycles. The van der Waals surface area contributed by atoms with E-state index in [0.717, 1.165) is 23.0 Å². The maximum atomic E-state index is 5.65. The third kappa shape index (κ3) is 4.57. The Morgan fingerprint density at radius 2 is 1.96 bits per heavy atom. The molecule has 0 fully saturated rings. The van der Waals surface area contributed by atoms with E-state index in [0.29, 0.717) is 17.5 Å². The highest BCUT2D eigenvalue weighted by Gasteiger charge is 2.03. The van der Waals surface area contributed by atoms with E-state index in [4.69, 9.17) is 21.4 Å². The molecule has 6 heteroatoms. The number of furan rings is 1. The smallest absolute Gasteiger partial charge is 0.219 e. The molecule has 0 radical (unpaired) electrons. The van der Waals surface area contributed by atoms with Gasteiger partial charge in [0.05, 0.1) is 18.4 Å². The lowest BCUT2D eigenvalue weighted by Crippen LogP contribution is -2.27. The highest BCUT2D eigenvalue weighted by molar-refractivity contribution is 7.80. The lowest BCUT2D eigenvalue weighted by molar-refractivity contribution is 0.463. The number of ether oxygens (including phenoxy) is 1. The van der Waals surface area contributed by atoms with Gasteiger partial charge in [-0.1, -0.05) is 18.2 Å². The highest BCUT2D eigenvalue weighted by Crippen LogP contribution is 2.19. The second kappa shape index (κ2) is 7.61. The SMILES string of the molecule is Cc1ccc(CNC(=S)Nc2ccc(Oc3ccccc3)nc2)o1. The molecule has 2 heterocycles. The third-order valence-electron chi connectivity index (χ3n) is 3.18. The molecular formula is C18H17N3O2S. The molecule has 0 bridgehead atoms. The lowest BCUT2D eigenvalue weighted by atomic mass is 10.3. The molecule has 3 rings (SSSR count). The molecule has 0 atom stereocenters. The first kappa shape index (κ1) is 16.0. The summed E-state index contributed by atoms with van der Waals surface area (Å²) in [6.45, 7) is 2.44. The highest BCUT2D eigenvalue weighted by atomic mass is 32.1. The average molecular weight is 339 g/mol. The minimum Gasteiger partial charge on any atom is -0.465 e. The van der Waals surface area contributed by atoms with E-state index in [1.54, 1.807) is 12.3 Å². The fraction of sp³-hybridized carbons (Fsp3) is 0.111. The van der Waals surface area contributed by atoms with Crippen molar-refractivity contribution in [2.75, 3.05) is 5.32 Å². The minimum absolute atomic E-state index is 0.502. The number of thiocarbonyl (C=S) groups is 1. The quantitative estimate of drug-likeness (QED) is 0.677. The van der Waals surface area contributed by atoms with Crippen molar-refractivity contribution in [2.45, 2.75) is 13.5 Å². The molecule has 0 aliphatic heterocycles. The van der Waals surface area contributed by atoms with Crippen LogP contribution in [0.5, 0.6) is 11.6 Å². The van der Waals surface area contributed by atoms with Crippen molar-refractivity contribution in [1.82, 2.24) is 10.3 Å².